The number of nitrogen functional groups attached to an aromatic ring is 1. The zero-order chi connectivity index (χ0) is 25.9. The van der Waals surface area contributed by atoms with Crippen LogP contribution in [0.1, 0.15) is 25.3 Å². The van der Waals surface area contributed by atoms with Gasteiger partial charge in [-0.15, -0.1) is 0 Å². The van der Waals surface area contributed by atoms with Crippen LogP contribution < -0.4 is 15.8 Å². The van der Waals surface area contributed by atoms with E-state index in [1.54, 1.807) is 24.0 Å². The first-order chi connectivity index (χ1) is 17.2. The summed E-state index contributed by atoms with van der Waals surface area (Å²) in [6, 6.07) is 13.8. The number of hydrogen-bond donors (Lipinski definition) is 4. The SMILES string of the molecule is C[C@@]1(CC(=O)O)C[C@@H](COc2ccc(-c3ccc(C(=N)N)cc3)cc2)N(C(=O)N2CCNCC2)C1=O. The molecule has 0 radical (unpaired) electrons. The van der Waals surface area contributed by atoms with Crippen molar-refractivity contribution >= 4 is 23.7 Å². The van der Waals surface area contributed by atoms with E-state index in [2.05, 4.69) is 5.32 Å². The number of nitrogens with one attached hydrogen (secondary N) is 2. The molecule has 2 aliphatic heterocycles. The molecule has 0 spiro atoms. The van der Waals surface area contributed by atoms with Crippen LogP contribution in [0.2, 0.25) is 0 Å². The van der Waals surface area contributed by atoms with Gasteiger partial charge in [0.15, 0.2) is 0 Å². The number of nitrogens with zero attached hydrogens (tertiary/aromatic N) is 2. The Labute approximate surface area is 209 Å². The number of benzene rings is 2. The van der Waals surface area contributed by atoms with Gasteiger partial charge in [0.05, 0.1) is 17.9 Å². The van der Waals surface area contributed by atoms with Gasteiger partial charge < -0.3 is 25.8 Å². The van der Waals surface area contributed by atoms with Gasteiger partial charge in [0.1, 0.15) is 18.2 Å². The topological polar surface area (TPSA) is 149 Å². The van der Waals surface area contributed by atoms with Gasteiger partial charge in [-0.25, -0.2) is 4.79 Å². The Morgan fingerprint density at radius 1 is 1.11 bits per heavy atom. The molecule has 0 bridgehead atoms. The fourth-order valence-corrected chi connectivity index (χ4v) is 4.80. The standard InChI is InChI=1S/C26H31N5O5/c1-26(15-22(32)33)14-20(31(24(26)34)25(35)30-12-10-29-11-13-30)16-36-21-8-6-18(7-9-21)17-2-4-19(5-3-17)23(27)28/h2-9,20,29H,10-16H2,1H3,(H3,27,28)(H,32,33)/t20-,26-/m0/s1. The lowest BCUT2D eigenvalue weighted by Crippen LogP contribution is -2.55. The van der Waals surface area contributed by atoms with Crippen LogP contribution in [0.5, 0.6) is 5.75 Å². The van der Waals surface area contributed by atoms with Crippen molar-refractivity contribution in [3.63, 3.8) is 0 Å². The van der Waals surface area contributed by atoms with Gasteiger partial charge in [-0.05, 0) is 29.7 Å². The smallest absolute Gasteiger partial charge is 0.327 e. The maximum Gasteiger partial charge on any atom is 0.327 e. The average Bonchev–Trinajstić information content (AvgIpc) is 3.11. The Morgan fingerprint density at radius 2 is 1.69 bits per heavy atom. The van der Waals surface area contributed by atoms with Crippen molar-refractivity contribution in [3.8, 4) is 16.9 Å². The van der Waals surface area contributed by atoms with Crippen molar-refractivity contribution in [2.24, 2.45) is 11.1 Å². The largest absolute Gasteiger partial charge is 0.491 e. The van der Waals surface area contributed by atoms with Crippen LogP contribution in [0.25, 0.3) is 11.1 Å². The summed E-state index contributed by atoms with van der Waals surface area (Å²) in [4.78, 5) is 40.8. The van der Waals surface area contributed by atoms with Crippen LogP contribution in [0.15, 0.2) is 48.5 Å². The molecule has 2 saturated heterocycles. The highest BCUT2D eigenvalue weighted by Gasteiger charge is 2.53. The molecule has 5 N–H and O–H groups in total. The number of carbonyl (C=O) groups is 3. The predicted octanol–water partition coefficient (Wildman–Crippen LogP) is 2.12. The van der Waals surface area contributed by atoms with Gasteiger partial charge in [-0.1, -0.05) is 43.3 Å². The molecule has 0 aliphatic carbocycles. The molecule has 4 rings (SSSR count). The first-order valence-electron chi connectivity index (χ1n) is 11.9. The van der Waals surface area contributed by atoms with Crippen molar-refractivity contribution in [2.75, 3.05) is 32.8 Å². The summed E-state index contributed by atoms with van der Waals surface area (Å²) in [5.41, 5.74) is 6.92. The number of hydrogen-bond acceptors (Lipinski definition) is 6. The number of carboxylic acids is 1. The van der Waals surface area contributed by atoms with Gasteiger partial charge in [0.2, 0.25) is 5.91 Å². The van der Waals surface area contributed by atoms with Crippen molar-refractivity contribution in [1.82, 2.24) is 15.1 Å². The van der Waals surface area contributed by atoms with Gasteiger partial charge in [0.25, 0.3) is 0 Å². The number of urea groups is 1. The van der Waals surface area contributed by atoms with Crippen LogP contribution in [-0.4, -0.2) is 77.5 Å². The number of amidine groups is 1. The Balaban J connectivity index is 1.47. The lowest BCUT2D eigenvalue weighted by Gasteiger charge is -2.33. The number of rotatable bonds is 7. The first kappa shape index (κ1) is 25.2. The third kappa shape index (κ3) is 5.33. The summed E-state index contributed by atoms with van der Waals surface area (Å²) in [7, 11) is 0. The minimum atomic E-state index is -1.17. The molecule has 0 saturated carbocycles. The summed E-state index contributed by atoms with van der Waals surface area (Å²) in [6.45, 7) is 3.94. The van der Waals surface area contributed by atoms with E-state index >= 15 is 0 Å². The van der Waals surface area contributed by atoms with Gasteiger partial charge in [-0.3, -0.25) is 19.9 Å². The molecule has 2 aromatic rings. The van der Waals surface area contributed by atoms with Crippen molar-refractivity contribution in [3.05, 3.63) is 54.1 Å². The summed E-state index contributed by atoms with van der Waals surface area (Å²) in [5, 5.41) is 20.1. The molecule has 2 heterocycles. The number of amides is 3. The van der Waals surface area contributed by atoms with Crippen LogP contribution in [-0.2, 0) is 9.59 Å². The van der Waals surface area contributed by atoms with E-state index in [1.165, 1.54) is 4.90 Å². The number of carbonyl (C=O) groups excluding carboxylic acids is 2. The Morgan fingerprint density at radius 3 is 2.25 bits per heavy atom. The lowest BCUT2D eigenvalue weighted by atomic mass is 9.84. The Hall–Kier alpha value is -3.92. The van der Waals surface area contributed by atoms with E-state index in [0.29, 0.717) is 37.5 Å². The molecule has 2 aromatic carbocycles. The van der Waals surface area contributed by atoms with Gasteiger partial charge in [0, 0.05) is 31.7 Å². The third-order valence-electron chi connectivity index (χ3n) is 6.75. The highest BCUT2D eigenvalue weighted by molar-refractivity contribution is 6.01. The van der Waals surface area contributed by atoms with E-state index in [4.69, 9.17) is 15.9 Å². The number of ether oxygens (including phenoxy) is 1. The Bertz CT molecular complexity index is 1140. The number of nitrogens with two attached hydrogens (primary N) is 1. The lowest BCUT2D eigenvalue weighted by molar-refractivity contribution is -0.145. The molecule has 0 aromatic heterocycles. The number of likely N-dealkylation sites (tertiary alicyclic amines) is 1. The van der Waals surface area contributed by atoms with Crippen LogP contribution in [0, 0.1) is 10.8 Å². The fraction of sp³-hybridized carbons (Fsp3) is 0.385. The quantitative estimate of drug-likeness (QED) is 0.341. The van der Waals surface area contributed by atoms with E-state index < -0.39 is 29.4 Å². The molecule has 3 amide bonds. The van der Waals surface area contributed by atoms with E-state index in [0.717, 1.165) is 11.1 Å². The summed E-state index contributed by atoms with van der Waals surface area (Å²) < 4.78 is 5.98. The second-order valence-corrected chi connectivity index (χ2v) is 9.51. The zero-order valence-electron chi connectivity index (χ0n) is 20.2. The Kier molecular flexibility index (Phi) is 7.25. The summed E-state index contributed by atoms with van der Waals surface area (Å²) in [6.07, 6.45) is -0.124. The van der Waals surface area contributed by atoms with Gasteiger partial charge >= 0.3 is 12.0 Å². The molecule has 190 valence electrons. The van der Waals surface area contributed by atoms with E-state index in [-0.39, 0.29) is 25.3 Å². The predicted molar refractivity (Wildman–Crippen MR) is 134 cm³/mol. The molecule has 2 atom stereocenters. The second-order valence-electron chi connectivity index (χ2n) is 9.51. The highest BCUT2D eigenvalue weighted by atomic mass is 16.5. The second kappa shape index (κ2) is 10.4. The average molecular weight is 494 g/mol. The molecule has 0 unspecified atom stereocenters. The van der Waals surface area contributed by atoms with Crippen molar-refractivity contribution in [2.45, 2.75) is 25.8 Å². The molecular formula is C26H31N5O5. The van der Waals surface area contributed by atoms with E-state index in [9.17, 15) is 19.5 Å². The zero-order valence-corrected chi connectivity index (χ0v) is 20.2. The monoisotopic (exact) mass is 493 g/mol. The minimum Gasteiger partial charge on any atom is -0.491 e. The van der Waals surface area contributed by atoms with Crippen LogP contribution in [0.3, 0.4) is 0 Å². The maximum absolute atomic E-state index is 13.3. The number of carboxylic acid groups (broad SMARTS) is 1. The summed E-state index contributed by atoms with van der Waals surface area (Å²) >= 11 is 0. The molecular weight excluding hydrogens is 462 g/mol. The van der Waals surface area contributed by atoms with Crippen LogP contribution in [0.4, 0.5) is 4.79 Å². The molecule has 10 heteroatoms. The molecule has 36 heavy (non-hydrogen) atoms. The van der Waals surface area contributed by atoms with Gasteiger partial charge in [-0.2, -0.15) is 0 Å². The maximum atomic E-state index is 13.3. The highest BCUT2D eigenvalue weighted by Crippen LogP contribution is 2.40. The third-order valence-corrected chi connectivity index (χ3v) is 6.75. The molecule has 2 fully saturated rings. The van der Waals surface area contributed by atoms with Crippen molar-refractivity contribution in [1.29, 1.82) is 5.41 Å². The van der Waals surface area contributed by atoms with Crippen LogP contribution >= 0.6 is 0 Å². The molecule has 10 nitrogen and oxygen atoms in total. The summed E-state index contributed by atoms with van der Waals surface area (Å²) in [5.74, 6) is -0.951. The number of piperazine rings is 1. The first-order valence-corrected chi connectivity index (χ1v) is 11.9. The van der Waals surface area contributed by atoms with Crippen molar-refractivity contribution < 1.29 is 24.2 Å². The van der Waals surface area contributed by atoms with E-state index in [1.807, 2.05) is 36.4 Å². The number of imide groups is 1. The fourth-order valence-electron chi connectivity index (χ4n) is 4.80. The minimum absolute atomic E-state index is 0.0135. The molecule has 2 aliphatic rings. The number of aliphatic carboxylic acids is 1. The normalized spacial score (nSPS) is 21.9.